The van der Waals surface area contributed by atoms with Crippen LogP contribution in [0.3, 0.4) is 0 Å². The molecule has 6 nitrogen and oxygen atoms in total. The molecule has 0 aliphatic carbocycles. The van der Waals surface area contributed by atoms with Crippen molar-refractivity contribution in [2.24, 2.45) is 10.9 Å². The number of nitrogens with one attached hydrogen (secondary N) is 2. The Kier molecular flexibility index (Phi) is 18.8. The molecule has 0 saturated carbocycles. The summed E-state index contributed by atoms with van der Waals surface area (Å²) >= 11 is 0. The highest BCUT2D eigenvalue weighted by atomic mass is 127. The van der Waals surface area contributed by atoms with E-state index < -0.39 is 0 Å². The van der Waals surface area contributed by atoms with Gasteiger partial charge < -0.3 is 25.2 Å². The maximum absolute atomic E-state index is 8.96. The largest absolute Gasteiger partial charge is 0.396 e. The van der Waals surface area contributed by atoms with Crippen molar-refractivity contribution < 1.29 is 14.6 Å². The first-order chi connectivity index (χ1) is 9.24. The second kappa shape index (κ2) is 16.9. The Morgan fingerprint density at radius 1 is 1.25 bits per heavy atom. The summed E-state index contributed by atoms with van der Waals surface area (Å²) in [5, 5.41) is 15.4. The number of aliphatic imine (C=N–C) groups is 1. The second-order valence-electron chi connectivity index (χ2n) is 4.39. The van der Waals surface area contributed by atoms with Crippen LogP contribution in [0.1, 0.15) is 20.3 Å². The summed E-state index contributed by atoms with van der Waals surface area (Å²) in [6.07, 6.45) is 0.920. The van der Waals surface area contributed by atoms with Crippen LogP contribution in [0, 0.1) is 5.92 Å². The molecule has 0 fully saturated rings. The zero-order valence-electron chi connectivity index (χ0n) is 12.9. The van der Waals surface area contributed by atoms with Crippen LogP contribution in [0.2, 0.25) is 0 Å². The summed E-state index contributed by atoms with van der Waals surface area (Å²) in [6, 6.07) is 0. The minimum absolute atomic E-state index is 0. The molecule has 0 rings (SSSR count). The van der Waals surface area contributed by atoms with E-state index in [0.717, 1.165) is 25.5 Å². The van der Waals surface area contributed by atoms with Crippen LogP contribution in [0.4, 0.5) is 0 Å². The summed E-state index contributed by atoms with van der Waals surface area (Å²) in [4.78, 5) is 4.41. The molecule has 1 unspecified atom stereocenters. The molecular weight excluding hydrogens is 373 g/mol. The fraction of sp³-hybridized carbons (Fsp3) is 0.923. The number of guanidine groups is 1. The molecule has 7 heteroatoms. The minimum Gasteiger partial charge on any atom is -0.396 e. The van der Waals surface area contributed by atoms with E-state index in [2.05, 4.69) is 15.6 Å². The molecule has 122 valence electrons. The molecule has 3 N–H and O–H groups in total. The first-order valence-corrected chi connectivity index (χ1v) is 6.94. The smallest absolute Gasteiger partial charge is 0.191 e. The number of aliphatic hydroxyl groups is 1. The molecule has 0 aromatic heterocycles. The number of methoxy groups -OCH3 is 1. The summed E-state index contributed by atoms with van der Waals surface area (Å²) in [7, 11) is 1.66. The molecular formula is C13H30IN3O3. The number of aliphatic hydroxyl groups excluding tert-OH is 1. The molecule has 1 atom stereocenters. The molecule has 0 heterocycles. The van der Waals surface area contributed by atoms with Gasteiger partial charge in [0.05, 0.1) is 13.2 Å². The maximum atomic E-state index is 8.96. The van der Waals surface area contributed by atoms with E-state index in [1.165, 1.54) is 0 Å². The van der Waals surface area contributed by atoms with Gasteiger partial charge >= 0.3 is 0 Å². The normalized spacial score (nSPS) is 12.7. The van der Waals surface area contributed by atoms with Gasteiger partial charge in [-0.1, -0.05) is 6.92 Å². The number of halogens is 1. The van der Waals surface area contributed by atoms with Crippen LogP contribution >= 0.6 is 24.0 Å². The van der Waals surface area contributed by atoms with Gasteiger partial charge in [-0.25, -0.2) is 0 Å². The fourth-order valence-corrected chi connectivity index (χ4v) is 1.27. The van der Waals surface area contributed by atoms with Crippen molar-refractivity contribution in [2.45, 2.75) is 20.3 Å². The van der Waals surface area contributed by atoms with Crippen molar-refractivity contribution in [3.05, 3.63) is 0 Å². The van der Waals surface area contributed by atoms with Gasteiger partial charge in [-0.05, 0) is 19.3 Å². The Bertz CT molecular complexity index is 231. The number of ether oxygens (including phenoxy) is 2. The average Bonchev–Trinajstić information content (AvgIpc) is 2.43. The van der Waals surface area contributed by atoms with Crippen molar-refractivity contribution in [2.75, 3.05) is 53.2 Å². The topological polar surface area (TPSA) is 75.1 Å². The minimum atomic E-state index is 0. The van der Waals surface area contributed by atoms with Crippen LogP contribution in [-0.2, 0) is 9.47 Å². The van der Waals surface area contributed by atoms with E-state index in [1.807, 2.05) is 13.8 Å². The lowest BCUT2D eigenvalue weighted by Gasteiger charge is -2.12. The fourth-order valence-electron chi connectivity index (χ4n) is 1.27. The van der Waals surface area contributed by atoms with Gasteiger partial charge in [-0.2, -0.15) is 0 Å². The predicted molar refractivity (Wildman–Crippen MR) is 93.0 cm³/mol. The van der Waals surface area contributed by atoms with Crippen LogP contribution in [0.5, 0.6) is 0 Å². The van der Waals surface area contributed by atoms with Gasteiger partial charge in [0.15, 0.2) is 5.96 Å². The zero-order valence-corrected chi connectivity index (χ0v) is 15.2. The van der Waals surface area contributed by atoms with E-state index in [4.69, 9.17) is 14.6 Å². The van der Waals surface area contributed by atoms with E-state index >= 15 is 0 Å². The van der Waals surface area contributed by atoms with Crippen molar-refractivity contribution in [3.8, 4) is 0 Å². The average molecular weight is 403 g/mol. The summed E-state index contributed by atoms with van der Waals surface area (Å²) in [5.41, 5.74) is 0. The van der Waals surface area contributed by atoms with Gasteiger partial charge in [0.1, 0.15) is 0 Å². The van der Waals surface area contributed by atoms with E-state index in [9.17, 15) is 0 Å². The molecule has 0 aliphatic rings. The first-order valence-electron chi connectivity index (χ1n) is 6.94. The molecule has 0 saturated heterocycles. The molecule has 0 aliphatic heterocycles. The third kappa shape index (κ3) is 14.3. The van der Waals surface area contributed by atoms with Crippen LogP contribution < -0.4 is 10.6 Å². The number of hydrogen-bond donors (Lipinski definition) is 3. The summed E-state index contributed by atoms with van der Waals surface area (Å²) < 4.78 is 10.3. The Morgan fingerprint density at radius 2 is 2.00 bits per heavy atom. The molecule has 0 spiro atoms. The third-order valence-corrected chi connectivity index (χ3v) is 2.41. The molecule has 0 radical (unpaired) electrons. The van der Waals surface area contributed by atoms with Crippen LogP contribution in [0.15, 0.2) is 4.99 Å². The molecule has 0 amide bonds. The lowest BCUT2D eigenvalue weighted by Crippen LogP contribution is -2.38. The van der Waals surface area contributed by atoms with Crippen molar-refractivity contribution in [3.63, 3.8) is 0 Å². The van der Waals surface area contributed by atoms with E-state index in [-0.39, 0.29) is 36.5 Å². The molecule has 20 heavy (non-hydrogen) atoms. The van der Waals surface area contributed by atoms with Crippen molar-refractivity contribution in [1.29, 1.82) is 0 Å². The van der Waals surface area contributed by atoms with Crippen LogP contribution in [-0.4, -0.2) is 64.2 Å². The van der Waals surface area contributed by atoms with Gasteiger partial charge in [0.2, 0.25) is 0 Å². The van der Waals surface area contributed by atoms with E-state index in [1.54, 1.807) is 7.11 Å². The Hall–Kier alpha value is -0.120. The first kappa shape index (κ1) is 22.2. The van der Waals surface area contributed by atoms with Gasteiger partial charge in [0.25, 0.3) is 0 Å². The molecule has 0 aromatic carbocycles. The Morgan fingerprint density at radius 3 is 2.60 bits per heavy atom. The summed E-state index contributed by atoms with van der Waals surface area (Å²) in [6.45, 7) is 8.40. The van der Waals surface area contributed by atoms with Gasteiger partial charge in [-0.15, -0.1) is 24.0 Å². The highest BCUT2D eigenvalue weighted by molar-refractivity contribution is 14.0. The van der Waals surface area contributed by atoms with Gasteiger partial charge in [-0.3, -0.25) is 4.99 Å². The number of rotatable bonds is 11. The third-order valence-electron chi connectivity index (χ3n) is 2.41. The monoisotopic (exact) mass is 403 g/mol. The Labute approximate surface area is 139 Å². The molecule has 0 bridgehead atoms. The number of nitrogens with zero attached hydrogens (tertiary/aromatic N) is 1. The highest BCUT2D eigenvalue weighted by Gasteiger charge is 2.00. The van der Waals surface area contributed by atoms with Crippen LogP contribution in [0.25, 0.3) is 0 Å². The van der Waals surface area contributed by atoms with Crippen molar-refractivity contribution >= 4 is 29.9 Å². The lowest BCUT2D eigenvalue weighted by atomic mass is 10.2. The maximum Gasteiger partial charge on any atom is 0.191 e. The highest BCUT2D eigenvalue weighted by Crippen LogP contribution is 1.92. The summed E-state index contributed by atoms with van der Waals surface area (Å²) in [5.74, 6) is 0.979. The standard InChI is InChI=1S/C13H29N3O3.HI/c1-4-14-13(16-10-12(2)11-17)15-6-5-7-19-9-8-18-3;/h12,17H,4-11H2,1-3H3,(H2,14,15,16);1H. The predicted octanol–water partition coefficient (Wildman–Crippen LogP) is 0.841. The number of hydrogen-bond acceptors (Lipinski definition) is 4. The van der Waals surface area contributed by atoms with E-state index in [0.29, 0.717) is 26.4 Å². The quantitative estimate of drug-likeness (QED) is 0.206. The van der Waals surface area contributed by atoms with Gasteiger partial charge in [0, 0.05) is 40.0 Å². The second-order valence-corrected chi connectivity index (χ2v) is 4.39. The lowest BCUT2D eigenvalue weighted by molar-refractivity contribution is 0.0698. The Balaban J connectivity index is 0. The zero-order chi connectivity index (χ0) is 14.3. The van der Waals surface area contributed by atoms with Crippen molar-refractivity contribution in [1.82, 2.24) is 10.6 Å². The SMILES string of the molecule is CCNC(=NCC(C)CO)NCCCOCCOC.I. The molecule has 0 aromatic rings.